The van der Waals surface area contributed by atoms with E-state index < -0.39 is 11.9 Å². The highest BCUT2D eigenvalue weighted by Crippen LogP contribution is 2.39. The van der Waals surface area contributed by atoms with Crippen LogP contribution in [0, 0.1) is 0 Å². The molecule has 0 bridgehead atoms. The van der Waals surface area contributed by atoms with E-state index in [1.807, 2.05) is 36.4 Å². The van der Waals surface area contributed by atoms with Crippen molar-refractivity contribution < 1.29 is 23.8 Å². The molecule has 0 saturated heterocycles. The fraction of sp³-hybridized carbons (Fsp3) is 0.0333. The van der Waals surface area contributed by atoms with Crippen molar-refractivity contribution in [1.29, 1.82) is 0 Å². The van der Waals surface area contributed by atoms with E-state index in [4.69, 9.17) is 25.8 Å². The molecule has 0 spiro atoms. The molecule has 0 unspecified atom stereocenters. The monoisotopic (exact) mass is 771 g/mol. The lowest BCUT2D eigenvalue weighted by Gasteiger charge is -2.11. The van der Waals surface area contributed by atoms with E-state index in [1.54, 1.807) is 36.4 Å². The Hall–Kier alpha value is -3.64. The Morgan fingerprint density at radius 1 is 0.952 bits per heavy atom. The van der Waals surface area contributed by atoms with Crippen LogP contribution in [0.1, 0.15) is 26.4 Å². The lowest BCUT2D eigenvalue weighted by Crippen LogP contribution is -2.19. The van der Waals surface area contributed by atoms with E-state index >= 15 is 0 Å². The summed E-state index contributed by atoms with van der Waals surface area (Å²) < 4.78 is 18.4. The fourth-order valence-corrected chi connectivity index (χ4v) is 6.51. The number of amides is 1. The quantitative estimate of drug-likeness (QED) is 0.0781. The molecule has 0 fully saturated rings. The first-order valence-corrected chi connectivity index (χ1v) is 15.0. The number of rotatable bonds is 6. The van der Waals surface area contributed by atoms with Crippen molar-refractivity contribution in [3.05, 3.63) is 108 Å². The van der Waals surface area contributed by atoms with Crippen molar-refractivity contribution >= 4 is 88.4 Å². The average molecular weight is 775 g/mol. The van der Waals surface area contributed by atoms with Crippen LogP contribution in [0.5, 0.6) is 17.2 Å². The predicted octanol–water partition coefficient (Wildman–Crippen LogP) is 8.49. The van der Waals surface area contributed by atoms with Gasteiger partial charge in [-0.15, -0.1) is 0 Å². The summed E-state index contributed by atoms with van der Waals surface area (Å²) in [5, 5.41) is 5.50. The third kappa shape index (κ3) is 5.57. The molecular weight excluding hydrogens is 758 g/mol. The zero-order chi connectivity index (χ0) is 29.4. The van der Waals surface area contributed by atoms with Gasteiger partial charge in [-0.2, -0.15) is 5.10 Å². The molecule has 1 amide bonds. The van der Waals surface area contributed by atoms with E-state index in [2.05, 4.69) is 63.3 Å². The summed E-state index contributed by atoms with van der Waals surface area (Å²) in [6.45, 7) is 0.0914. The van der Waals surface area contributed by atoms with Crippen LogP contribution >= 0.6 is 59.4 Å². The van der Waals surface area contributed by atoms with Gasteiger partial charge in [-0.25, -0.2) is 10.2 Å². The van der Waals surface area contributed by atoms with Crippen molar-refractivity contribution in [3.8, 4) is 28.4 Å². The number of hydrazone groups is 1. The lowest BCUT2D eigenvalue weighted by molar-refractivity contribution is 0.0732. The summed E-state index contributed by atoms with van der Waals surface area (Å²) in [5.41, 5.74) is 5.66. The number of nitrogens with one attached hydrogen (secondary N) is 2. The zero-order valence-corrected chi connectivity index (χ0v) is 26.7. The number of aromatic amines is 1. The maximum absolute atomic E-state index is 13.5. The van der Waals surface area contributed by atoms with Crippen LogP contribution in [0.4, 0.5) is 0 Å². The second-order valence-corrected chi connectivity index (χ2v) is 12.0. The summed E-state index contributed by atoms with van der Waals surface area (Å²) in [6, 6.07) is 21.2. The summed E-state index contributed by atoms with van der Waals surface area (Å²) in [5.74, 6) is 0.134. The Labute approximate surface area is 269 Å². The van der Waals surface area contributed by atoms with E-state index in [9.17, 15) is 9.59 Å². The van der Waals surface area contributed by atoms with Gasteiger partial charge in [0.2, 0.25) is 6.79 Å². The number of halogens is 4. The van der Waals surface area contributed by atoms with Crippen molar-refractivity contribution in [1.82, 2.24) is 10.4 Å². The van der Waals surface area contributed by atoms with Gasteiger partial charge in [-0.3, -0.25) is 4.79 Å². The molecule has 12 heteroatoms. The van der Waals surface area contributed by atoms with Crippen molar-refractivity contribution in [2.75, 3.05) is 6.79 Å². The molecule has 1 aliphatic heterocycles. The molecule has 6 rings (SSSR count). The topological polar surface area (TPSA) is 102 Å². The number of ether oxygens (including phenoxy) is 3. The summed E-state index contributed by atoms with van der Waals surface area (Å²) in [7, 11) is 0. The number of para-hydroxylation sites is 1. The highest BCUT2D eigenvalue weighted by molar-refractivity contribution is 9.11. The van der Waals surface area contributed by atoms with Gasteiger partial charge in [0.05, 0.1) is 21.8 Å². The van der Waals surface area contributed by atoms with Crippen molar-refractivity contribution in [3.63, 3.8) is 0 Å². The number of carbonyl (C=O) groups is 2. The molecule has 210 valence electrons. The highest BCUT2D eigenvalue weighted by atomic mass is 79.9. The fourth-order valence-electron chi connectivity index (χ4n) is 4.47. The molecule has 1 aromatic heterocycles. The van der Waals surface area contributed by atoms with Crippen LogP contribution in [-0.2, 0) is 0 Å². The van der Waals surface area contributed by atoms with E-state index in [0.29, 0.717) is 42.2 Å². The second kappa shape index (κ2) is 11.9. The van der Waals surface area contributed by atoms with Crippen molar-refractivity contribution in [2.45, 2.75) is 0 Å². The molecule has 0 aliphatic carbocycles. The predicted molar refractivity (Wildman–Crippen MR) is 171 cm³/mol. The number of hydrogen-bond acceptors (Lipinski definition) is 6. The average Bonchev–Trinajstić information content (AvgIpc) is 3.60. The zero-order valence-electron chi connectivity index (χ0n) is 21.2. The van der Waals surface area contributed by atoms with Gasteiger partial charge in [-0.05, 0) is 74.3 Å². The van der Waals surface area contributed by atoms with Gasteiger partial charge in [0.25, 0.3) is 5.91 Å². The Bertz CT molecular complexity index is 1920. The molecule has 42 heavy (non-hydrogen) atoms. The Morgan fingerprint density at radius 2 is 1.76 bits per heavy atom. The van der Waals surface area contributed by atoms with Crippen LogP contribution in [0.25, 0.3) is 22.0 Å². The van der Waals surface area contributed by atoms with Gasteiger partial charge in [0.15, 0.2) is 17.2 Å². The lowest BCUT2D eigenvalue weighted by atomic mass is 10.0. The summed E-state index contributed by atoms with van der Waals surface area (Å²) >= 11 is 17.0. The molecule has 0 radical (unpaired) electrons. The van der Waals surface area contributed by atoms with Crippen molar-refractivity contribution in [2.24, 2.45) is 5.10 Å². The van der Waals surface area contributed by atoms with Crippen LogP contribution in [0.15, 0.2) is 91.3 Å². The molecule has 0 saturated carbocycles. The molecule has 1 aliphatic rings. The molecule has 0 atom stereocenters. The van der Waals surface area contributed by atoms with Gasteiger partial charge in [0.1, 0.15) is 5.69 Å². The number of hydrogen-bond donors (Lipinski definition) is 2. The van der Waals surface area contributed by atoms with E-state index in [0.717, 1.165) is 15.4 Å². The number of carbonyl (C=O) groups excluding carboxylic acids is 2. The standard InChI is InChI=1S/C30H17Br3ClN3O5/c31-17-10-16(28(21(33)12-17)42-30(39)15-8-9-23-24(11-15)41-14-40-23)13-35-37-29(38)27-25(18-4-1-2-7-22(18)34)19-5-3-6-20(32)26(19)36-27/h1-13,36H,14H2,(H,37,38). The summed E-state index contributed by atoms with van der Waals surface area (Å²) in [6.07, 6.45) is 1.39. The minimum atomic E-state index is -0.608. The normalized spacial score (nSPS) is 12.2. The van der Waals surface area contributed by atoms with Crippen LogP contribution in [0.3, 0.4) is 0 Å². The van der Waals surface area contributed by atoms with E-state index in [-0.39, 0.29) is 23.8 Å². The Balaban J connectivity index is 1.29. The maximum Gasteiger partial charge on any atom is 0.343 e. The van der Waals surface area contributed by atoms with Gasteiger partial charge < -0.3 is 19.2 Å². The van der Waals surface area contributed by atoms with Crippen LogP contribution < -0.4 is 19.6 Å². The van der Waals surface area contributed by atoms with Crippen LogP contribution in [-0.4, -0.2) is 29.9 Å². The highest BCUT2D eigenvalue weighted by Gasteiger charge is 2.23. The smallest absolute Gasteiger partial charge is 0.343 e. The van der Waals surface area contributed by atoms with Gasteiger partial charge >= 0.3 is 5.97 Å². The van der Waals surface area contributed by atoms with E-state index in [1.165, 1.54) is 6.21 Å². The molecular formula is C30H17Br3ClN3O5. The largest absolute Gasteiger partial charge is 0.454 e. The SMILES string of the molecule is O=C(Oc1c(Br)cc(Br)cc1C=NNC(=O)c1[nH]c2c(Br)cccc2c1-c1ccccc1Cl)c1ccc2c(c1)OCO2. The number of fused-ring (bicyclic) bond motifs is 2. The third-order valence-electron chi connectivity index (χ3n) is 6.36. The summed E-state index contributed by atoms with van der Waals surface area (Å²) in [4.78, 5) is 29.7. The van der Waals surface area contributed by atoms with Crippen LogP contribution in [0.2, 0.25) is 5.02 Å². The maximum atomic E-state index is 13.5. The molecule has 8 nitrogen and oxygen atoms in total. The number of H-pyrrole nitrogens is 1. The molecule has 2 heterocycles. The molecule has 5 aromatic rings. The Kier molecular flexibility index (Phi) is 8.09. The number of nitrogens with zero attached hydrogens (tertiary/aromatic N) is 1. The minimum Gasteiger partial charge on any atom is -0.454 e. The molecule has 2 N–H and O–H groups in total. The first-order chi connectivity index (χ1) is 20.3. The second-order valence-electron chi connectivity index (χ2n) is 8.98. The van der Waals surface area contributed by atoms with Gasteiger partial charge in [-0.1, -0.05) is 57.9 Å². The molecule has 4 aromatic carbocycles. The first-order valence-electron chi connectivity index (χ1n) is 12.3. The third-order valence-corrected chi connectivity index (χ3v) is 8.40. The number of aromatic nitrogens is 1. The Morgan fingerprint density at radius 3 is 2.60 bits per heavy atom. The number of benzene rings is 4. The first kappa shape index (κ1) is 28.5. The van der Waals surface area contributed by atoms with Gasteiger partial charge in [0, 0.05) is 36.0 Å². The minimum absolute atomic E-state index is 0.0914. The number of esters is 1.